The van der Waals surface area contributed by atoms with Gasteiger partial charge in [0.1, 0.15) is 0 Å². The van der Waals surface area contributed by atoms with E-state index in [0.717, 1.165) is 24.6 Å². The molecular weight excluding hydrogens is 317 g/mol. The van der Waals surface area contributed by atoms with Gasteiger partial charge in [-0.3, -0.25) is 4.79 Å². The number of benzene rings is 1. The molecule has 6 heteroatoms. The molecule has 24 heavy (non-hydrogen) atoms. The molecule has 0 aliphatic carbocycles. The Morgan fingerprint density at radius 1 is 1.25 bits per heavy atom. The molecule has 0 fully saturated rings. The Bertz CT molecular complexity index is 623. The first-order valence-corrected chi connectivity index (χ1v) is 8.04. The summed E-state index contributed by atoms with van der Waals surface area (Å²) >= 11 is 0. The highest BCUT2D eigenvalue weighted by Crippen LogP contribution is 2.32. The normalized spacial score (nSPS) is 17.5. The van der Waals surface area contributed by atoms with Crippen LogP contribution in [0.1, 0.15) is 36.2 Å². The summed E-state index contributed by atoms with van der Waals surface area (Å²) in [6.45, 7) is 5.56. The number of hydrogen-bond acceptors (Lipinski definition) is 2. The molecule has 1 atom stereocenters. The Morgan fingerprint density at radius 3 is 2.50 bits per heavy atom. The molecule has 0 bridgehead atoms. The van der Waals surface area contributed by atoms with Gasteiger partial charge in [-0.05, 0) is 37.1 Å². The zero-order valence-electron chi connectivity index (χ0n) is 14.2. The van der Waals surface area contributed by atoms with Crippen molar-refractivity contribution in [3.05, 3.63) is 47.0 Å². The van der Waals surface area contributed by atoms with Crippen molar-refractivity contribution >= 4 is 5.91 Å². The van der Waals surface area contributed by atoms with Gasteiger partial charge in [0.05, 0.1) is 17.2 Å². The number of halogens is 3. The first-order chi connectivity index (χ1) is 11.2. The second kappa shape index (κ2) is 7.38. The number of amides is 1. The topological polar surface area (TPSA) is 32.3 Å². The van der Waals surface area contributed by atoms with E-state index < -0.39 is 17.6 Å². The molecule has 3 nitrogen and oxygen atoms in total. The molecule has 0 aromatic heterocycles. The van der Waals surface area contributed by atoms with Crippen molar-refractivity contribution in [2.45, 2.75) is 32.5 Å². The summed E-state index contributed by atoms with van der Waals surface area (Å²) in [5.41, 5.74) is -0.184. The number of likely N-dealkylation sites (N-methyl/N-ethyl adjacent to an activating group) is 1. The zero-order valence-corrected chi connectivity index (χ0v) is 14.2. The second-order valence-corrected chi connectivity index (χ2v) is 6.54. The minimum atomic E-state index is -4.55. The predicted molar refractivity (Wildman–Crippen MR) is 87.7 cm³/mol. The van der Waals surface area contributed by atoms with Gasteiger partial charge in [0.25, 0.3) is 5.91 Å². The molecule has 1 aromatic rings. The van der Waals surface area contributed by atoms with Crippen LogP contribution < -0.4 is 5.32 Å². The van der Waals surface area contributed by atoms with Crippen molar-refractivity contribution in [2.75, 3.05) is 20.1 Å². The number of alkyl halides is 3. The molecule has 1 heterocycles. The summed E-state index contributed by atoms with van der Waals surface area (Å²) < 4.78 is 39.3. The fourth-order valence-corrected chi connectivity index (χ4v) is 2.99. The molecule has 0 saturated carbocycles. The van der Waals surface area contributed by atoms with Crippen LogP contribution in [0.5, 0.6) is 0 Å². The molecule has 2 rings (SSSR count). The smallest absolute Gasteiger partial charge is 0.345 e. The maximum atomic E-state index is 13.1. The van der Waals surface area contributed by atoms with Crippen molar-refractivity contribution < 1.29 is 18.0 Å². The van der Waals surface area contributed by atoms with E-state index in [9.17, 15) is 18.0 Å². The lowest BCUT2D eigenvalue weighted by atomic mass is 9.92. The lowest BCUT2D eigenvalue weighted by molar-refractivity contribution is -0.137. The van der Waals surface area contributed by atoms with E-state index in [1.165, 1.54) is 18.2 Å². The van der Waals surface area contributed by atoms with Gasteiger partial charge in [0.2, 0.25) is 0 Å². The molecule has 1 aromatic carbocycles. The molecule has 1 amide bonds. The Labute approximate surface area is 140 Å². The maximum Gasteiger partial charge on any atom is 0.417 e. The number of hydrogen-bond donors (Lipinski definition) is 1. The highest BCUT2D eigenvalue weighted by molar-refractivity contribution is 5.96. The quantitative estimate of drug-likeness (QED) is 0.847. The van der Waals surface area contributed by atoms with E-state index in [4.69, 9.17) is 0 Å². The summed E-state index contributed by atoms with van der Waals surface area (Å²) in [4.78, 5) is 14.6. The molecule has 132 valence electrons. The summed E-state index contributed by atoms with van der Waals surface area (Å²) in [6.07, 6.45) is -1.59. The number of rotatable bonds is 4. The highest BCUT2D eigenvalue weighted by Gasteiger charge is 2.35. The van der Waals surface area contributed by atoms with Crippen molar-refractivity contribution in [1.29, 1.82) is 0 Å². The van der Waals surface area contributed by atoms with Crippen LogP contribution in [-0.2, 0) is 6.18 Å². The molecule has 1 unspecified atom stereocenters. The summed E-state index contributed by atoms with van der Waals surface area (Å²) in [5, 5.41) is 2.80. The van der Waals surface area contributed by atoms with Crippen LogP contribution in [0.2, 0.25) is 0 Å². The van der Waals surface area contributed by atoms with E-state index in [-0.39, 0.29) is 17.5 Å². The average molecular weight is 340 g/mol. The van der Waals surface area contributed by atoms with Crippen molar-refractivity contribution in [2.24, 2.45) is 5.92 Å². The number of carbonyl (C=O) groups excluding carboxylic acids is 1. The van der Waals surface area contributed by atoms with Crippen LogP contribution in [0, 0.1) is 5.92 Å². The summed E-state index contributed by atoms with van der Waals surface area (Å²) in [5.74, 6) is -0.597. The summed E-state index contributed by atoms with van der Waals surface area (Å²) in [7, 11) is 1.99. The van der Waals surface area contributed by atoms with Crippen LogP contribution in [0.15, 0.2) is 35.9 Å². The minimum Gasteiger partial charge on any atom is -0.345 e. The van der Waals surface area contributed by atoms with Gasteiger partial charge in [0.15, 0.2) is 0 Å². The molecule has 0 saturated heterocycles. The van der Waals surface area contributed by atoms with Crippen molar-refractivity contribution in [3.8, 4) is 0 Å². The van der Waals surface area contributed by atoms with E-state index in [1.54, 1.807) is 0 Å². The number of nitrogens with one attached hydrogen (secondary N) is 1. The third-order valence-corrected chi connectivity index (χ3v) is 4.20. The van der Waals surface area contributed by atoms with E-state index >= 15 is 0 Å². The fraction of sp³-hybridized carbons (Fsp3) is 0.500. The molecule has 0 spiro atoms. The maximum absolute atomic E-state index is 13.1. The van der Waals surface area contributed by atoms with Crippen LogP contribution in [0.4, 0.5) is 13.2 Å². The highest BCUT2D eigenvalue weighted by atomic mass is 19.4. The van der Waals surface area contributed by atoms with Gasteiger partial charge < -0.3 is 10.2 Å². The van der Waals surface area contributed by atoms with Gasteiger partial charge in [-0.25, -0.2) is 0 Å². The molecule has 1 N–H and O–H groups in total. The Balaban J connectivity index is 2.25. The predicted octanol–water partition coefficient (Wildman–Crippen LogP) is 3.72. The SMILES string of the molecule is CC(C)C(NC(=O)c1ccccc1C(F)(F)F)C1=CCCN(C)C1. The fourth-order valence-electron chi connectivity index (χ4n) is 2.99. The van der Waals surface area contributed by atoms with Gasteiger partial charge in [-0.2, -0.15) is 13.2 Å². The van der Waals surface area contributed by atoms with E-state index in [1.807, 2.05) is 20.9 Å². The Hall–Kier alpha value is -1.82. The number of nitrogens with zero attached hydrogens (tertiary/aromatic N) is 1. The first-order valence-electron chi connectivity index (χ1n) is 8.04. The lowest BCUT2D eigenvalue weighted by Gasteiger charge is -2.31. The van der Waals surface area contributed by atoms with E-state index in [2.05, 4.69) is 16.3 Å². The van der Waals surface area contributed by atoms with Gasteiger partial charge in [0, 0.05) is 13.1 Å². The van der Waals surface area contributed by atoms with Crippen molar-refractivity contribution in [3.63, 3.8) is 0 Å². The Kier molecular flexibility index (Phi) is 5.70. The summed E-state index contributed by atoms with van der Waals surface area (Å²) in [6, 6.07) is 4.62. The molecule has 1 aliphatic heterocycles. The largest absolute Gasteiger partial charge is 0.417 e. The van der Waals surface area contributed by atoms with Gasteiger partial charge in [-0.15, -0.1) is 0 Å². The van der Waals surface area contributed by atoms with Gasteiger partial charge in [-0.1, -0.05) is 32.1 Å². The monoisotopic (exact) mass is 340 g/mol. The third kappa shape index (κ3) is 4.38. The van der Waals surface area contributed by atoms with Crippen LogP contribution >= 0.6 is 0 Å². The van der Waals surface area contributed by atoms with Gasteiger partial charge >= 0.3 is 6.18 Å². The average Bonchev–Trinajstić information content (AvgIpc) is 2.51. The van der Waals surface area contributed by atoms with Crippen molar-refractivity contribution in [1.82, 2.24) is 10.2 Å². The molecule has 1 aliphatic rings. The van der Waals surface area contributed by atoms with E-state index in [0.29, 0.717) is 6.54 Å². The van der Waals surface area contributed by atoms with Crippen LogP contribution in [-0.4, -0.2) is 37.0 Å². The first kappa shape index (κ1) is 18.5. The molecule has 0 radical (unpaired) electrons. The lowest BCUT2D eigenvalue weighted by Crippen LogP contribution is -2.44. The van der Waals surface area contributed by atoms with Crippen LogP contribution in [0.3, 0.4) is 0 Å². The Morgan fingerprint density at radius 2 is 1.92 bits per heavy atom. The zero-order chi connectivity index (χ0) is 17.9. The van der Waals surface area contributed by atoms with Crippen LogP contribution in [0.25, 0.3) is 0 Å². The second-order valence-electron chi connectivity index (χ2n) is 6.54. The standard InChI is InChI=1S/C18H23F3N2O/c1-12(2)16(13-7-6-10-23(3)11-13)22-17(24)14-8-4-5-9-15(14)18(19,20)21/h4-5,7-9,12,16H,6,10-11H2,1-3H3,(H,22,24). The number of carbonyl (C=O) groups is 1. The minimum absolute atomic E-state index is 0.0877. The molecular formula is C18H23F3N2O. The third-order valence-electron chi connectivity index (χ3n) is 4.20.